The smallest absolute Gasteiger partial charge is 0.335 e. The molecule has 0 unspecified atom stereocenters. The minimum absolute atomic E-state index is 0.0766. The maximum absolute atomic E-state index is 14.2. The van der Waals surface area contributed by atoms with Gasteiger partial charge in [-0.2, -0.15) is 13.2 Å². The summed E-state index contributed by atoms with van der Waals surface area (Å²) in [5.74, 6) is -0.356. The Balaban J connectivity index is 1.77. The predicted octanol–water partition coefficient (Wildman–Crippen LogP) is 4.97. The lowest BCUT2D eigenvalue weighted by Gasteiger charge is -2.08. The van der Waals surface area contributed by atoms with Crippen LogP contribution in [0.25, 0.3) is 22.4 Å². The molecule has 11 heteroatoms. The molecular weight excluding hydrogens is 400 g/mol. The number of anilines is 2. The zero-order valence-electron chi connectivity index (χ0n) is 13.7. The van der Waals surface area contributed by atoms with Crippen LogP contribution in [0.5, 0.6) is 0 Å². The lowest BCUT2D eigenvalue weighted by Crippen LogP contribution is -2.09. The minimum Gasteiger partial charge on any atom is -0.335 e. The monoisotopic (exact) mass is 408 g/mol. The summed E-state index contributed by atoms with van der Waals surface area (Å²) in [6.45, 7) is 0. The molecule has 2 N–H and O–H groups in total. The fourth-order valence-electron chi connectivity index (χ4n) is 2.57. The third-order valence-corrected chi connectivity index (χ3v) is 4.12. The van der Waals surface area contributed by atoms with Crippen LogP contribution in [-0.4, -0.2) is 24.9 Å². The van der Waals surface area contributed by atoms with Crippen LogP contribution in [0, 0.1) is 5.82 Å². The van der Waals surface area contributed by atoms with Gasteiger partial charge < -0.3 is 10.3 Å². The summed E-state index contributed by atoms with van der Waals surface area (Å²) < 4.78 is 52.7. The van der Waals surface area contributed by atoms with Gasteiger partial charge in [-0.25, -0.2) is 24.3 Å². The van der Waals surface area contributed by atoms with Crippen LogP contribution in [0.15, 0.2) is 42.9 Å². The second kappa shape index (κ2) is 6.71. The first-order valence-corrected chi connectivity index (χ1v) is 8.16. The number of rotatable bonds is 3. The maximum Gasteiger partial charge on any atom is 0.433 e. The number of imidazole rings is 1. The molecule has 0 bridgehead atoms. The Kier molecular flexibility index (Phi) is 4.34. The van der Waals surface area contributed by atoms with Gasteiger partial charge in [-0.1, -0.05) is 17.7 Å². The van der Waals surface area contributed by atoms with Crippen molar-refractivity contribution in [2.45, 2.75) is 6.18 Å². The molecule has 0 fully saturated rings. The van der Waals surface area contributed by atoms with Gasteiger partial charge in [0.15, 0.2) is 5.82 Å². The third-order valence-electron chi connectivity index (χ3n) is 3.81. The number of nitrogens with zero attached hydrogens (tertiary/aromatic N) is 4. The zero-order valence-corrected chi connectivity index (χ0v) is 14.5. The molecule has 142 valence electrons. The topological polar surface area (TPSA) is 79.4 Å². The molecule has 0 aliphatic heterocycles. The predicted molar refractivity (Wildman–Crippen MR) is 94.6 cm³/mol. The quantitative estimate of drug-likeness (QED) is 0.468. The highest BCUT2D eigenvalue weighted by atomic mass is 35.5. The minimum atomic E-state index is -4.61. The van der Waals surface area contributed by atoms with E-state index in [9.17, 15) is 17.6 Å². The molecule has 0 saturated carbocycles. The molecule has 0 aliphatic rings. The van der Waals surface area contributed by atoms with Gasteiger partial charge in [0.25, 0.3) is 0 Å². The molecular formula is C17H9ClF4N6. The Morgan fingerprint density at radius 1 is 1.07 bits per heavy atom. The van der Waals surface area contributed by atoms with Gasteiger partial charge in [0, 0.05) is 12.3 Å². The van der Waals surface area contributed by atoms with E-state index in [1.165, 1.54) is 24.4 Å². The Morgan fingerprint density at radius 3 is 2.64 bits per heavy atom. The SMILES string of the molecule is Fc1cccc(Cl)c1-c1nc2ccnc(Nc3cc(C(F)(F)F)ncn3)c2[nH]1. The van der Waals surface area contributed by atoms with Crippen LogP contribution in [0.3, 0.4) is 0 Å². The van der Waals surface area contributed by atoms with Crippen LogP contribution in [0.1, 0.15) is 5.69 Å². The molecule has 3 aromatic heterocycles. The molecule has 0 saturated heterocycles. The molecule has 0 radical (unpaired) electrons. The Hall–Kier alpha value is -3.27. The number of aromatic nitrogens is 5. The number of nitrogens with one attached hydrogen (secondary N) is 2. The highest BCUT2D eigenvalue weighted by molar-refractivity contribution is 6.33. The van der Waals surface area contributed by atoms with E-state index in [1.807, 2.05) is 0 Å². The largest absolute Gasteiger partial charge is 0.433 e. The van der Waals surface area contributed by atoms with E-state index in [2.05, 4.69) is 30.2 Å². The van der Waals surface area contributed by atoms with E-state index >= 15 is 0 Å². The first-order chi connectivity index (χ1) is 13.3. The van der Waals surface area contributed by atoms with Crippen LogP contribution in [-0.2, 0) is 6.18 Å². The third kappa shape index (κ3) is 3.33. The fourth-order valence-corrected chi connectivity index (χ4v) is 2.83. The van der Waals surface area contributed by atoms with Crippen molar-refractivity contribution in [3.05, 3.63) is 59.4 Å². The van der Waals surface area contributed by atoms with Gasteiger partial charge in [-0.15, -0.1) is 0 Å². The second-order valence-corrected chi connectivity index (χ2v) is 6.05. The Morgan fingerprint density at radius 2 is 1.89 bits per heavy atom. The fraction of sp³-hybridized carbons (Fsp3) is 0.0588. The number of fused-ring (bicyclic) bond motifs is 1. The van der Waals surface area contributed by atoms with E-state index in [1.54, 1.807) is 6.07 Å². The van der Waals surface area contributed by atoms with Crippen molar-refractivity contribution in [1.82, 2.24) is 24.9 Å². The van der Waals surface area contributed by atoms with Crippen molar-refractivity contribution in [2.24, 2.45) is 0 Å². The summed E-state index contributed by atoms with van der Waals surface area (Å²) in [6.07, 6.45) is -2.41. The van der Waals surface area contributed by atoms with E-state index < -0.39 is 17.7 Å². The molecule has 6 nitrogen and oxygen atoms in total. The summed E-state index contributed by atoms with van der Waals surface area (Å²) in [4.78, 5) is 18.3. The van der Waals surface area contributed by atoms with Crippen molar-refractivity contribution in [3.63, 3.8) is 0 Å². The molecule has 1 aromatic carbocycles. The summed E-state index contributed by atoms with van der Waals surface area (Å²) in [5, 5.41) is 2.85. The molecule has 0 spiro atoms. The van der Waals surface area contributed by atoms with Crippen LogP contribution in [0.4, 0.5) is 29.2 Å². The second-order valence-electron chi connectivity index (χ2n) is 5.65. The van der Waals surface area contributed by atoms with Crippen molar-refractivity contribution >= 4 is 34.3 Å². The van der Waals surface area contributed by atoms with Gasteiger partial charge in [-0.3, -0.25) is 0 Å². The molecule has 0 amide bonds. The average molecular weight is 409 g/mol. The van der Waals surface area contributed by atoms with Crippen LogP contribution >= 0.6 is 11.6 Å². The van der Waals surface area contributed by atoms with Gasteiger partial charge in [0.1, 0.15) is 35.0 Å². The average Bonchev–Trinajstić information content (AvgIpc) is 3.06. The van der Waals surface area contributed by atoms with E-state index in [0.717, 1.165) is 12.4 Å². The molecule has 4 rings (SSSR count). The van der Waals surface area contributed by atoms with Crippen LogP contribution in [0.2, 0.25) is 5.02 Å². The number of halogens is 5. The summed E-state index contributed by atoms with van der Waals surface area (Å²) >= 11 is 6.07. The van der Waals surface area contributed by atoms with E-state index in [-0.39, 0.29) is 28.0 Å². The number of benzene rings is 1. The van der Waals surface area contributed by atoms with Crippen molar-refractivity contribution in [3.8, 4) is 11.4 Å². The number of hydrogen-bond acceptors (Lipinski definition) is 5. The normalized spacial score (nSPS) is 11.8. The highest BCUT2D eigenvalue weighted by Crippen LogP contribution is 2.32. The van der Waals surface area contributed by atoms with E-state index in [0.29, 0.717) is 11.0 Å². The Bertz CT molecular complexity index is 1150. The number of hydrogen-bond donors (Lipinski definition) is 2. The zero-order chi connectivity index (χ0) is 19.9. The van der Waals surface area contributed by atoms with Crippen molar-refractivity contribution in [1.29, 1.82) is 0 Å². The summed E-state index contributed by atoms with van der Waals surface area (Å²) in [7, 11) is 0. The van der Waals surface area contributed by atoms with Gasteiger partial charge in [0.2, 0.25) is 0 Å². The number of pyridine rings is 1. The number of H-pyrrole nitrogens is 1. The molecule has 0 atom stereocenters. The van der Waals surface area contributed by atoms with Crippen molar-refractivity contribution < 1.29 is 17.6 Å². The molecule has 28 heavy (non-hydrogen) atoms. The van der Waals surface area contributed by atoms with Crippen molar-refractivity contribution in [2.75, 3.05) is 5.32 Å². The first kappa shape index (κ1) is 18.1. The molecule has 3 heterocycles. The van der Waals surface area contributed by atoms with Gasteiger partial charge in [0.05, 0.1) is 16.1 Å². The first-order valence-electron chi connectivity index (χ1n) is 7.78. The van der Waals surface area contributed by atoms with Gasteiger partial charge >= 0.3 is 6.18 Å². The Labute approximate surface area is 159 Å². The summed E-state index contributed by atoms with van der Waals surface area (Å²) in [6, 6.07) is 6.54. The lowest BCUT2D eigenvalue weighted by atomic mass is 10.2. The van der Waals surface area contributed by atoms with Gasteiger partial charge in [-0.05, 0) is 18.2 Å². The van der Waals surface area contributed by atoms with Crippen LogP contribution < -0.4 is 5.32 Å². The lowest BCUT2D eigenvalue weighted by molar-refractivity contribution is -0.141. The standard InChI is InChI=1S/C17H9ClF4N6/c18-8-2-1-3-9(19)13(8)15-26-10-4-5-23-16(14(10)28-15)27-12-6-11(17(20,21)22)24-7-25-12/h1-7H,(H,26,28)(H,23,24,25,27). The highest BCUT2D eigenvalue weighted by Gasteiger charge is 2.32. The summed E-state index contributed by atoms with van der Waals surface area (Å²) in [5.41, 5.74) is -0.255. The maximum atomic E-state index is 14.2. The number of alkyl halides is 3. The molecule has 0 aliphatic carbocycles. The number of aromatic amines is 1. The van der Waals surface area contributed by atoms with E-state index in [4.69, 9.17) is 11.6 Å². The molecule has 4 aromatic rings.